The highest BCUT2D eigenvalue weighted by atomic mass is 79.9. The Morgan fingerprint density at radius 3 is 2.57 bits per heavy atom. The number of nitrogens with zero attached hydrogens (tertiary/aromatic N) is 2. The summed E-state index contributed by atoms with van der Waals surface area (Å²) >= 11 is 10.9. The molecule has 0 N–H and O–H groups in total. The smallest absolute Gasteiger partial charge is 0.280 e. The van der Waals surface area contributed by atoms with Crippen LogP contribution in [0.15, 0.2) is 90.2 Å². The van der Waals surface area contributed by atoms with E-state index in [9.17, 15) is 4.79 Å². The number of hydrogen-bond donors (Lipinski definition) is 0. The summed E-state index contributed by atoms with van der Waals surface area (Å²) < 4.78 is 6.75. The molecular formula is C21H14BrClN2O2S. The highest BCUT2D eigenvalue weighted by Gasteiger charge is 2.29. The van der Waals surface area contributed by atoms with Crippen molar-refractivity contribution in [2.75, 3.05) is 5.01 Å². The van der Waals surface area contributed by atoms with Gasteiger partial charge in [0.15, 0.2) is 5.09 Å². The summed E-state index contributed by atoms with van der Waals surface area (Å²) in [4.78, 5) is 13.8. The van der Waals surface area contributed by atoms with E-state index in [1.807, 2.05) is 67.6 Å². The Morgan fingerprint density at radius 1 is 1.14 bits per heavy atom. The van der Waals surface area contributed by atoms with Crippen molar-refractivity contribution >= 4 is 62.7 Å². The molecule has 28 heavy (non-hydrogen) atoms. The van der Waals surface area contributed by atoms with Gasteiger partial charge in [-0.1, -0.05) is 41.6 Å². The van der Waals surface area contributed by atoms with Gasteiger partial charge in [0.25, 0.3) is 5.91 Å². The van der Waals surface area contributed by atoms with Gasteiger partial charge in [-0.15, -0.1) is 0 Å². The molecule has 4 rings (SSSR count). The molecule has 0 fully saturated rings. The third kappa shape index (κ3) is 3.94. The third-order valence-electron chi connectivity index (χ3n) is 4.05. The van der Waals surface area contributed by atoms with Crippen molar-refractivity contribution in [2.45, 2.75) is 16.9 Å². The molecule has 0 bridgehead atoms. The molecule has 0 saturated carbocycles. The van der Waals surface area contributed by atoms with Crippen LogP contribution in [0.3, 0.4) is 0 Å². The number of amides is 1. The number of hydrazone groups is 1. The van der Waals surface area contributed by atoms with E-state index in [-0.39, 0.29) is 5.91 Å². The molecule has 0 unspecified atom stereocenters. The first-order valence-electron chi connectivity index (χ1n) is 8.41. The maximum Gasteiger partial charge on any atom is 0.280 e. The average molecular weight is 474 g/mol. The lowest BCUT2D eigenvalue weighted by molar-refractivity contribution is -0.114. The molecule has 1 aliphatic rings. The minimum atomic E-state index is -0.178. The largest absolute Gasteiger partial charge is 0.449 e. The zero-order chi connectivity index (χ0) is 19.7. The standard InChI is InChI=1S/C21H14BrClN2O2S/c1-13-18(20(26)25(24-13)15-5-3-2-4-6-15)11-16-12-19(22)21(27-16)28-17-9-7-14(23)8-10-17/h2-12H,1H3/b18-11+. The van der Waals surface area contributed by atoms with E-state index in [0.717, 1.165) is 15.1 Å². The predicted octanol–water partition coefficient (Wildman–Crippen LogP) is 6.65. The molecule has 0 saturated heterocycles. The summed E-state index contributed by atoms with van der Waals surface area (Å²) in [6.07, 6.45) is 1.72. The molecule has 0 spiro atoms. The number of carbonyl (C=O) groups excluding carboxylic acids is 1. The van der Waals surface area contributed by atoms with Gasteiger partial charge in [-0.2, -0.15) is 10.1 Å². The first-order chi connectivity index (χ1) is 13.5. The number of hydrogen-bond acceptors (Lipinski definition) is 4. The van der Waals surface area contributed by atoms with Crippen LogP contribution in [0.2, 0.25) is 5.02 Å². The van der Waals surface area contributed by atoms with Crippen LogP contribution >= 0.6 is 39.3 Å². The Balaban J connectivity index is 1.58. The first-order valence-corrected chi connectivity index (χ1v) is 10.4. The average Bonchev–Trinajstić information content (AvgIpc) is 3.18. The van der Waals surface area contributed by atoms with E-state index in [0.29, 0.717) is 27.2 Å². The van der Waals surface area contributed by atoms with Crippen molar-refractivity contribution in [1.82, 2.24) is 0 Å². The summed E-state index contributed by atoms with van der Waals surface area (Å²) in [6, 6.07) is 18.7. The lowest BCUT2D eigenvalue weighted by Crippen LogP contribution is -2.21. The Bertz CT molecular complexity index is 1090. The number of para-hydroxylation sites is 1. The Morgan fingerprint density at radius 2 is 1.86 bits per heavy atom. The van der Waals surface area contributed by atoms with Gasteiger partial charge >= 0.3 is 0 Å². The fourth-order valence-electron chi connectivity index (χ4n) is 2.69. The summed E-state index contributed by atoms with van der Waals surface area (Å²) in [5, 5.41) is 7.18. The quantitative estimate of drug-likeness (QED) is 0.398. The fraction of sp³-hybridized carbons (Fsp3) is 0.0476. The molecule has 1 aliphatic heterocycles. The van der Waals surface area contributed by atoms with E-state index in [4.69, 9.17) is 16.0 Å². The van der Waals surface area contributed by atoms with Crippen molar-refractivity contribution in [2.24, 2.45) is 5.10 Å². The monoisotopic (exact) mass is 472 g/mol. The number of benzene rings is 2. The van der Waals surface area contributed by atoms with Crippen molar-refractivity contribution in [3.8, 4) is 0 Å². The second-order valence-corrected chi connectivity index (χ2v) is 8.37. The molecule has 0 aliphatic carbocycles. The van der Waals surface area contributed by atoms with Gasteiger partial charge in [-0.3, -0.25) is 4.79 Å². The maximum atomic E-state index is 12.8. The molecule has 2 heterocycles. The van der Waals surface area contributed by atoms with Crippen molar-refractivity contribution in [3.63, 3.8) is 0 Å². The Hall–Kier alpha value is -2.28. The molecule has 7 heteroatoms. The normalized spacial score (nSPS) is 15.4. The van der Waals surface area contributed by atoms with Crippen LogP contribution in [0.25, 0.3) is 6.08 Å². The summed E-state index contributed by atoms with van der Waals surface area (Å²) in [6.45, 7) is 1.81. The fourth-order valence-corrected chi connectivity index (χ4v) is 4.15. The van der Waals surface area contributed by atoms with Crippen molar-refractivity contribution in [3.05, 3.63) is 81.5 Å². The van der Waals surface area contributed by atoms with E-state index in [1.54, 1.807) is 6.08 Å². The molecule has 2 aromatic carbocycles. The maximum absolute atomic E-state index is 12.8. The molecule has 1 amide bonds. The summed E-state index contributed by atoms with van der Waals surface area (Å²) in [5.41, 5.74) is 1.89. The Kier molecular flexibility index (Phi) is 5.44. The van der Waals surface area contributed by atoms with Crippen LogP contribution in [-0.2, 0) is 4.79 Å². The molecule has 140 valence electrons. The first kappa shape index (κ1) is 19.1. The number of rotatable bonds is 4. The molecule has 3 aromatic rings. The number of anilines is 1. The van der Waals surface area contributed by atoms with Gasteiger partial charge in [0.05, 0.1) is 21.4 Å². The van der Waals surface area contributed by atoms with Crippen LogP contribution in [0, 0.1) is 0 Å². The topological polar surface area (TPSA) is 45.8 Å². The molecule has 1 aromatic heterocycles. The SMILES string of the molecule is CC1=NN(c2ccccc2)C(=O)/C1=C/c1cc(Br)c(Sc2ccc(Cl)cc2)o1. The molecule has 0 radical (unpaired) electrons. The van der Waals surface area contributed by atoms with Crippen LogP contribution < -0.4 is 5.01 Å². The lowest BCUT2D eigenvalue weighted by atomic mass is 10.1. The zero-order valence-electron chi connectivity index (χ0n) is 14.7. The van der Waals surface area contributed by atoms with Crippen LogP contribution in [0.1, 0.15) is 12.7 Å². The van der Waals surface area contributed by atoms with Crippen molar-refractivity contribution in [1.29, 1.82) is 0 Å². The highest BCUT2D eigenvalue weighted by molar-refractivity contribution is 9.10. The van der Waals surface area contributed by atoms with E-state index in [2.05, 4.69) is 21.0 Å². The molecule has 4 nitrogen and oxygen atoms in total. The number of carbonyl (C=O) groups is 1. The van der Waals surface area contributed by atoms with E-state index < -0.39 is 0 Å². The lowest BCUT2D eigenvalue weighted by Gasteiger charge is -2.10. The van der Waals surface area contributed by atoms with Gasteiger partial charge in [-0.05, 0) is 71.4 Å². The van der Waals surface area contributed by atoms with E-state index >= 15 is 0 Å². The van der Waals surface area contributed by atoms with Gasteiger partial charge in [0, 0.05) is 9.92 Å². The van der Waals surface area contributed by atoms with Crippen molar-refractivity contribution < 1.29 is 9.21 Å². The van der Waals surface area contributed by atoms with Crippen LogP contribution in [-0.4, -0.2) is 11.6 Å². The molecular weight excluding hydrogens is 460 g/mol. The minimum absolute atomic E-state index is 0.178. The third-order valence-corrected chi connectivity index (χ3v) is 6.15. The second-order valence-electron chi connectivity index (χ2n) is 6.04. The highest BCUT2D eigenvalue weighted by Crippen LogP contribution is 2.37. The summed E-state index contributed by atoms with van der Waals surface area (Å²) in [7, 11) is 0. The van der Waals surface area contributed by atoms with Gasteiger partial charge in [0.2, 0.25) is 0 Å². The van der Waals surface area contributed by atoms with E-state index in [1.165, 1.54) is 16.8 Å². The minimum Gasteiger partial charge on any atom is -0.449 e. The van der Waals surface area contributed by atoms with Crippen LogP contribution in [0.5, 0.6) is 0 Å². The number of halogens is 2. The Labute approximate surface area is 180 Å². The predicted molar refractivity (Wildman–Crippen MR) is 117 cm³/mol. The van der Waals surface area contributed by atoms with Gasteiger partial charge < -0.3 is 4.42 Å². The summed E-state index contributed by atoms with van der Waals surface area (Å²) in [5.74, 6) is 0.402. The number of furan rings is 1. The molecule has 0 atom stereocenters. The zero-order valence-corrected chi connectivity index (χ0v) is 17.9. The van der Waals surface area contributed by atoms with Gasteiger partial charge in [0.1, 0.15) is 5.76 Å². The second kappa shape index (κ2) is 7.99. The van der Waals surface area contributed by atoms with Gasteiger partial charge in [-0.25, -0.2) is 0 Å². The van der Waals surface area contributed by atoms with Crippen LogP contribution in [0.4, 0.5) is 5.69 Å².